The first-order chi connectivity index (χ1) is 22.6. The Bertz CT molecular complexity index is 1710. The molecule has 2 aromatic carbocycles. The van der Waals surface area contributed by atoms with Gasteiger partial charge in [0.2, 0.25) is 11.8 Å². The SMILES string of the molecule is Cc1nc(S(=O)(=O)N2CCN(C[C@@H](O)C[C@@H](Cc3ccccc3)C(=O)N[C@H]3c4ccccc4C[C@H]3O)[C@H](C(=O)NC(C)(C)C)C2)c(C)s1. The van der Waals surface area contributed by atoms with Gasteiger partial charge in [0.15, 0.2) is 5.03 Å². The summed E-state index contributed by atoms with van der Waals surface area (Å²) in [6.45, 7) is 9.36. The first kappa shape index (κ1) is 36.1. The number of aromatic nitrogens is 1. The molecule has 1 aliphatic carbocycles. The number of amides is 2. The smallest absolute Gasteiger partial charge is 0.261 e. The predicted octanol–water partition coefficient (Wildman–Crippen LogP) is 2.73. The average molecular weight is 698 g/mol. The summed E-state index contributed by atoms with van der Waals surface area (Å²) in [7, 11) is -3.95. The maximum atomic E-state index is 13.8. The Hall–Kier alpha value is -3.20. The Morgan fingerprint density at radius 1 is 1.06 bits per heavy atom. The first-order valence-electron chi connectivity index (χ1n) is 16.4. The Morgan fingerprint density at radius 2 is 1.75 bits per heavy atom. The lowest BCUT2D eigenvalue weighted by molar-refractivity contribution is -0.131. The Labute approximate surface area is 287 Å². The molecule has 1 aromatic heterocycles. The number of nitrogens with one attached hydrogen (secondary N) is 2. The van der Waals surface area contributed by atoms with Gasteiger partial charge in [-0.2, -0.15) is 4.31 Å². The normalized spacial score (nSPS) is 21.8. The van der Waals surface area contributed by atoms with E-state index >= 15 is 0 Å². The van der Waals surface area contributed by atoms with Gasteiger partial charge in [0.1, 0.15) is 6.04 Å². The molecule has 11 nitrogen and oxygen atoms in total. The summed E-state index contributed by atoms with van der Waals surface area (Å²) in [4.78, 5) is 34.1. The van der Waals surface area contributed by atoms with Crippen LogP contribution in [-0.2, 0) is 32.5 Å². The molecule has 0 radical (unpaired) electrons. The lowest BCUT2D eigenvalue weighted by Gasteiger charge is -2.41. The van der Waals surface area contributed by atoms with Gasteiger partial charge in [0.25, 0.3) is 10.0 Å². The number of thiazole rings is 1. The molecule has 0 saturated carbocycles. The number of β-amino-alcohol motifs (C(OH)–C–C–N with tert-alkyl or cyclic N) is 1. The number of sulfonamides is 1. The van der Waals surface area contributed by atoms with Crippen LogP contribution in [0, 0.1) is 19.8 Å². The topological polar surface area (TPSA) is 152 Å². The fraction of sp³-hybridized carbons (Fsp3) is 0.514. The van der Waals surface area contributed by atoms with Crippen molar-refractivity contribution >= 4 is 33.2 Å². The molecule has 2 aliphatic rings. The summed E-state index contributed by atoms with van der Waals surface area (Å²) >= 11 is 1.31. The van der Waals surface area contributed by atoms with Crippen LogP contribution >= 0.6 is 11.3 Å². The van der Waals surface area contributed by atoms with E-state index in [9.17, 15) is 28.2 Å². The van der Waals surface area contributed by atoms with Crippen LogP contribution in [-0.4, -0.2) is 94.6 Å². The molecule has 0 spiro atoms. The second-order valence-corrected chi connectivity index (χ2v) is 17.2. The quantitative estimate of drug-likeness (QED) is 0.239. The highest BCUT2D eigenvalue weighted by Gasteiger charge is 2.41. The molecule has 3 aromatic rings. The number of rotatable bonds is 11. The number of carbonyl (C=O) groups excluding carboxylic acids is 2. The highest BCUT2D eigenvalue weighted by molar-refractivity contribution is 7.89. The zero-order valence-electron chi connectivity index (χ0n) is 28.2. The van der Waals surface area contributed by atoms with Gasteiger partial charge in [-0.1, -0.05) is 54.6 Å². The van der Waals surface area contributed by atoms with E-state index < -0.39 is 45.8 Å². The van der Waals surface area contributed by atoms with Gasteiger partial charge in [0.05, 0.1) is 23.3 Å². The molecular weight excluding hydrogens is 651 g/mol. The molecule has 5 rings (SSSR count). The summed E-state index contributed by atoms with van der Waals surface area (Å²) in [5.41, 5.74) is 2.26. The highest BCUT2D eigenvalue weighted by Crippen LogP contribution is 2.32. The molecule has 0 unspecified atom stereocenters. The van der Waals surface area contributed by atoms with Crippen LogP contribution in [0.2, 0.25) is 0 Å². The number of benzene rings is 2. The van der Waals surface area contributed by atoms with E-state index in [2.05, 4.69) is 15.6 Å². The Balaban J connectivity index is 1.33. The fourth-order valence-corrected chi connectivity index (χ4v) is 9.41. The number of hydrogen-bond donors (Lipinski definition) is 4. The molecule has 4 N–H and O–H groups in total. The Kier molecular flexibility index (Phi) is 11.1. The van der Waals surface area contributed by atoms with Gasteiger partial charge in [-0.25, -0.2) is 13.4 Å². The highest BCUT2D eigenvalue weighted by atomic mass is 32.2. The molecular formula is C35H47N5O6S2. The number of carbonyl (C=O) groups is 2. The molecule has 260 valence electrons. The van der Waals surface area contributed by atoms with Gasteiger partial charge in [-0.15, -0.1) is 11.3 Å². The van der Waals surface area contributed by atoms with E-state index in [-0.39, 0.29) is 49.4 Å². The number of aliphatic hydroxyl groups excluding tert-OH is 2. The number of fused-ring (bicyclic) bond motifs is 1. The fourth-order valence-electron chi connectivity index (χ4n) is 6.68. The van der Waals surface area contributed by atoms with Crippen LogP contribution in [0.4, 0.5) is 0 Å². The third-order valence-corrected chi connectivity index (χ3v) is 11.8. The summed E-state index contributed by atoms with van der Waals surface area (Å²) in [5, 5.41) is 29.0. The largest absolute Gasteiger partial charge is 0.392 e. The molecule has 2 amide bonds. The van der Waals surface area contributed by atoms with Crippen molar-refractivity contribution < 1.29 is 28.2 Å². The first-order valence-corrected chi connectivity index (χ1v) is 18.7. The van der Waals surface area contributed by atoms with Gasteiger partial charge < -0.3 is 20.8 Å². The zero-order chi connectivity index (χ0) is 34.8. The second-order valence-electron chi connectivity index (χ2n) is 13.9. The lowest BCUT2D eigenvalue weighted by atomic mass is 9.91. The van der Waals surface area contributed by atoms with Crippen molar-refractivity contribution in [1.82, 2.24) is 24.8 Å². The minimum Gasteiger partial charge on any atom is -0.392 e. The minimum atomic E-state index is -3.95. The van der Waals surface area contributed by atoms with Crippen LogP contribution in [0.5, 0.6) is 0 Å². The average Bonchev–Trinajstić information content (AvgIpc) is 3.53. The molecule has 5 atom stereocenters. The van der Waals surface area contributed by atoms with Crippen molar-refractivity contribution in [3.8, 4) is 0 Å². The van der Waals surface area contributed by atoms with Crippen LogP contribution < -0.4 is 10.6 Å². The van der Waals surface area contributed by atoms with Crippen LogP contribution in [0.15, 0.2) is 59.6 Å². The molecule has 1 fully saturated rings. The number of piperazine rings is 1. The summed E-state index contributed by atoms with van der Waals surface area (Å²) in [6, 6.07) is 15.8. The summed E-state index contributed by atoms with van der Waals surface area (Å²) in [5.74, 6) is -1.24. The van der Waals surface area contributed by atoms with Crippen molar-refractivity contribution in [1.29, 1.82) is 0 Å². The maximum absolute atomic E-state index is 13.8. The molecule has 48 heavy (non-hydrogen) atoms. The van der Waals surface area contributed by atoms with E-state index in [1.165, 1.54) is 15.6 Å². The standard InChI is InChI=1S/C35H47N5O6S2/c1-22-34(36-23(2)47-22)48(45,46)40-16-15-39(29(21-40)33(44)38-35(3,4)5)20-27(41)18-26(17-24-11-7-6-8-12-24)32(43)37-31-28-14-10-9-13-25(28)19-30(31)42/h6-14,26-27,29-31,41-42H,15-21H2,1-5H3,(H,37,43)(H,38,44)/t26-,27+,29+,30-,31+/m1/s1. The molecule has 0 bridgehead atoms. The summed E-state index contributed by atoms with van der Waals surface area (Å²) in [6.07, 6.45) is -0.814. The van der Waals surface area contributed by atoms with Crippen LogP contribution in [0.25, 0.3) is 0 Å². The minimum absolute atomic E-state index is 0.0123. The second kappa shape index (κ2) is 14.7. The monoisotopic (exact) mass is 697 g/mol. The third-order valence-electron chi connectivity index (χ3n) is 8.90. The van der Waals surface area contributed by atoms with Crippen molar-refractivity contribution in [3.63, 3.8) is 0 Å². The van der Waals surface area contributed by atoms with Crippen LogP contribution in [0.1, 0.15) is 59.8 Å². The van der Waals surface area contributed by atoms with Crippen molar-refractivity contribution in [2.75, 3.05) is 26.2 Å². The zero-order valence-corrected chi connectivity index (χ0v) is 29.9. The van der Waals surface area contributed by atoms with E-state index in [1.807, 2.05) is 80.3 Å². The van der Waals surface area contributed by atoms with E-state index in [0.29, 0.717) is 22.7 Å². The predicted molar refractivity (Wildman–Crippen MR) is 185 cm³/mol. The van der Waals surface area contributed by atoms with Crippen molar-refractivity contribution in [3.05, 3.63) is 81.2 Å². The van der Waals surface area contributed by atoms with Gasteiger partial charge in [-0.05, 0) is 64.2 Å². The van der Waals surface area contributed by atoms with Gasteiger partial charge in [-0.3, -0.25) is 14.5 Å². The maximum Gasteiger partial charge on any atom is 0.261 e. The van der Waals surface area contributed by atoms with E-state index in [1.54, 1.807) is 13.8 Å². The molecule has 13 heteroatoms. The Morgan fingerprint density at radius 3 is 2.42 bits per heavy atom. The lowest BCUT2D eigenvalue weighted by Crippen LogP contribution is -2.62. The number of nitrogens with zero attached hydrogens (tertiary/aromatic N) is 3. The van der Waals surface area contributed by atoms with Crippen LogP contribution in [0.3, 0.4) is 0 Å². The van der Waals surface area contributed by atoms with E-state index in [4.69, 9.17) is 0 Å². The van der Waals surface area contributed by atoms with Crippen molar-refractivity contribution in [2.24, 2.45) is 5.92 Å². The molecule has 1 saturated heterocycles. The van der Waals surface area contributed by atoms with Crippen molar-refractivity contribution in [2.45, 2.75) is 88.7 Å². The summed E-state index contributed by atoms with van der Waals surface area (Å²) < 4.78 is 28.6. The number of aliphatic hydroxyl groups is 2. The van der Waals surface area contributed by atoms with E-state index in [0.717, 1.165) is 16.7 Å². The van der Waals surface area contributed by atoms with Gasteiger partial charge in [0, 0.05) is 48.9 Å². The number of aryl methyl sites for hydroxylation is 2. The molecule has 2 heterocycles. The molecule has 1 aliphatic heterocycles. The number of hydrogen-bond acceptors (Lipinski definition) is 9. The van der Waals surface area contributed by atoms with Gasteiger partial charge >= 0.3 is 0 Å². The third kappa shape index (κ3) is 8.50.